The molecule has 41 heteroatoms. The van der Waals surface area contributed by atoms with E-state index in [4.69, 9.17) is 25.8 Å². The van der Waals surface area contributed by atoms with Crippen LogP contribution in [0.5, 0.6) is 24.0 Å². The standard InChI is InChI=1S/C17H19F6N5O.C16H19ClF3N5O.C16H19F4N5O.C14H16F3N5O/c1-4-28(5-2)14-25-13(24-11-8-6-7-10(3)9-11)26-15(27-14)29-12(16(18,19)20)17(21,22)23;2*1-4-25(5-2)14-22-13(21-12-8-6-7-11(17)9-12)23-15(24-14)26-10(3)16(18,19)20;1-9(15)14(16,17)8-23-13-21-11(18-2)20-12(22-13)19-10-6-4-3-5-7-10/h6-9,12H,4-5H2,1-3H3,(H,24,25,26,27);2*6-10H,4-5H2,1-3H3,(H,21,22,23,24);3-7,9H,8H2,1-2H3,(H2,18,19,20,21,22). The zero-order valence-corrected chi connectivity index (χ0v) is 58.1. The normalized spacial score (nSPS) is 12.5. The number of ether oxygens (including phenoxy) is 4. The fourth-order valence-electron chi connectivity index (χ4n) is 7.94. The lowest BCUT2D eigenvalue weighted by molar-refractivity contribution is -0.301. The van der Waals surface area contributed by atoms with Gasteiger partial charge in [0.1, 0.15) is 5.82 Å². The minimum Gasteiger partial charge on any atom is -0.457 e. The van der Waals surface area contributed by atoms with Crippen LogP contribution in [0.2, 0.25) is 5.02 Å². The van der Waals surface area contributed by atoms with Gasteiger partial charge in [0.2, 0.25) is 47.6 Å². The topological polar surface area (TPSA) is 261 Å². The second-order valence-electron chi connectivity index (χ2n) is 21.4. The van der Waals surface area contributed by atoms with E-state index in [1.165, 1.54) is 23.1 Å². The van der Waals surface area contributed by atoms with Crippen LogP contribution in [0, 0.1) is 12.7 Å². The van der Waals surface area contributed by atoms with Crippen LogP contribution in [-0.4, -0.2) is 168 Å². The Morgan fingerprint density at radius 2 is 0.779 bits per heavy atom. The quantitative estimate of drug-likeness (QED) is 0.0285. The molecule has 568 valence electrons. The van der Waals surface area contributed by atoms with Crippen LogP contribution in [0.1, 0.15) is 67.9 Å². The second-order valence-corrected chi connectivity index (χ2v) is 21.8. The zero-order valence-electron chi connectivity index (χ0n) is 57.3. The van der Waals surface area contributed by atoms with Crippen LogP contribution in [0.15, 0.2) is 103 Å². The average molecular weight is 1510 g/mol. The van der Waals surface area contributed by atoms with Gasteiger partial charge in [-0.1, -0.05) is 54.1 Å². The minimum atomic E-state index is -5.69. The number of aryl methyl sites for hydroxylation is 1. The fraction of sp³-hybridized carbons (Fsp3) is 0.429. The van der Waals surface area contributed by atoms with Gasteiger partial charge in [0.15, 0.2) is 25.0 Å². The van der Waals surface area contributed by atoms with Gasteiger partial charge in [-0.25, -0.2) is 8.78 Å². The van der Waals surface area contributed by atoms with Gasteiger partial charge in [-0.2, -0.15) is 121 Å². The van der Waals surface area contributed by atoms with Crippen LogP contribution >= 0.6 is 11.6 Å². The van der Waals surface area contributed by atoms with Gasteiger partial charge < -0.3 is 60.2 Å². The van der Waals surface area contributed by atoms with Gasteiger partial charge in [-0.05, 0) is 135 Å². The van der Waals surface area contributed by atoms with Gasteiger partial charge in [-0.15, -0.1) is 0 Å². The molecule has 0 radical (unpaired) electrons. The summed E-state index contributed by atoms with van der Waals surface area (Å²) in [5, 5.41) is 14.5. The second kappa shape index (κ2) is 38.3. The van der Waals surface area contributed by atoms with Crippen LogP contribution in [0.3, 0.4) is 0 Å². The van der Waals surface area contributed by atoms with Crippen molar-refractivity contribution in [2.45, 2.75) is 124 Å². The molecule has 0 aliphatic rings. The molecule has 0 spiro atoms. The number of aromatic nitrogens is 12. The van der Waals surface area contributed by atoms with Gasteiger partial charge in [0.05, 0.1) is 0 Å². The number of hydrogen-bond acceptors (Lipinski definition) is 24. The SMILES string of the molecule is CCN(CC)c1nc(Nc2cccc(C)c2)nc(OC(C(F)(F)F)C(F)(F)F)n1.CCN(CC)c1nc(Nc2cccc(Cl)c2)nc(OC(C)C(F)(F)F)n1.CCN(CC)c1nc(Nc2cccc(F)c2)nc(OC(C)C(F)(F)F)n1.CNc1nc(Nc2ccccc2)nc(OCC(F)(F)C(C)F)n1. The number of para-hydroxylation sites is 1. The number of alkyl halides is 15. The van der Waals surface area contributed by atoms with Crippen LogP contribution in [-0.2, 0) is 0 Å². The highest BCUT2D eigenvalue weighted by molar-refractivity contribution is 6.30. The molecular formula is C63H73ClF16N20O4. The Morgan fingerprint density at radius 1 is 0.413 bits per heavy atom. The molecular weight excluding hydrogens is 1440 g/mol. The number of benzene rings is 4. The number of rotatable bonds is 28. The highest BCUT2D eigenvalue weighted by Gasteiger charge is 2.60. The third-order valence-electron chi connectivity index (χ3n) is 13.5. The third-order valence-corrected chi connectivity index (χ3v) is 13.8. The molecule has 0 saturated carbocycles. The Balaban J connectivity index is 0.000000250. The van der Waals surface area contributed by atoms with Crippen molar-refractivity contribution >= 4 is 81.9 Å². The van der Waals surface area contributed by atoms with E-state index in [2.05, 4.69) is 91.1 Å². The summed E-state index contributed by atoms with van der Waals surface area (Å²) in [7, 11) is 1.56. The van der Waals surface area contributed by atoms with Crippen molar-refractivity contribution < 1.29 is 89.2 Å². The lowest BCUT2D eigenvalue weighted by atomic mass is 10.2. The highest BCUT2D eigenvalue weighted by Crippen LogP contribution is 2.37. The number of anilines is 12. The molecule has 0 amide bonds. The van der Waals surface area contributed by atoms with Crippen LogP contribution < -0.4 is 60.2 Å². The van der Waals surface area contributed by atoms with Gasteiger partial charge in [0.25, 0.3) is 6.10 Å². The average Bonchev–Trinajstić information content (AvgIpc) is 0.805. The van der Waals surface area contributed by atoms with Gasteiger partial charge >= 0.3 is 54.7 Å². The molecule has 8 aromatic rings. The molecule has 24 nitrogen and oxygen atoms in total. The van der Waals surface area contributed by atoms with Crippen molar-refractivity contribution in [1.29, 1.82) is 0 Å². The Kier molecular flexibility index (Phi) is 31.0. The maximum atomic E-state index is 13.3. The minimum absolute atomic E-state index is 0.0446. The predicted octanol–water partition coefficient (Wildman–Crippen LogP) is 16.0. The molecule has 4 heterocycles. The van der Waals surface area contributed by atoms with Crippen molar-refractivity contribution in [2.75, 3.05) is 94.2 Å². The fourth-order valence-corrected chi connectivity index (χ4v) is 8.13. The Labute approximate surface area is 591 Å². The highest BCUT2D eigenvalue weighted by atomic mass is 35.5. The first-order valence-corrected chi connectivity index (χ1v) is 31.8. The maximum absolute atomic E-state index is 13.3. The molecule has 3 atom stereocenters. The van der Waals surface area contributed by atoms with E-state index in [0.717, 1.165) is 26.3 Å². The van der Waals surface area contributed by atoms with E-state index in [-0.39, 0.29) is 53.6 Å². The monoisotopic (exact) mass is 1510 g/mol. The van der Waals surface area contributed by atoms with E-state index in [9.17, 15) is 70.2 Å². The number of nitrogens with one attached hydrogen (secondary N) is 5. The first-order valence-electron chi connectivity index (χ1n) is 31.4. The lowest BCUT2D eigenvalue weighted by Crippen LogP contribution is -2.47. The van der Waals surface area contributed by atoms with E-state index in [0.29, 0.717) is 67.0 Å². The molecule has 0 bridgehead atoms. The molecule has 0 saturated heterocycles. The molecule has 0 aliphatic carbocycles. The molecule has 4 aromatic carbocycles. The number of hydrogen-bond donors (Lipinski definition) is 5. The third kappa shape index (κ3) is 27.5. The summed E-state index contributed by atoms with van der Waals surface area (Å²) in [5.41, 5.74) is 3.00. The van der Waals surface area contributed by atoms with Gasteiger partial charge in [-0.3, -0.25) is 0 Å². The van der Waals surface area contributed by atoms with Crippen molar-refractivity contribution in [1.82, 2.24) is 59.8 Å². The smallest absolute Gasteiger partial charge is 0.434 e. The summed E-state index contributed by atoms with van der Waals surface area (Å²) in [5.74, 6) is -3.82. The zero-order chi connectivity index (χ0) is 77.3. The van der Waals surface area contributed by atoms with Crippen molar-refractivity contribution in [3.63, 3.8) is 0 Å². The van der Waals surface area contributed by atoms with E-state index >= 15 is 0 Å². The molecule has 104 heavy (non-hydrogen) atoms. The van der Waals surface area contributed by atoms with Crippen LogP contribution in [0.25, 0.3) is 0 Å². The summed E-state index contributed by atoms with van der Waals surface area (Å²) in [4.78, 5) is 52.3. The first-order chi connectivity index (χ1) is 48.8. The number of nitrogens with zero attached hydrogens (tertiary/aromatic N) is 15. The van der Waals surface area contributed by atoms with E-state index < -0.39 is 85.6 Å². The van der Waals surface area contributed by atoms with Crippen molar-refractivity contribution in [3.8, 4) is 24.0 Å². The number of halogens is 17. The van der Waals surface area contributed by atoms with E-state index in [1.807, 2.05) is 58.9 Å². The summed E-state index contributed by atoms with van der Waals surface area (Å²) < 4.78 is 225. The Hall–Kier alpha value is -10.3. The van der Waals surface area contributed by atoms with Crippen LogP contribution in [0.4, 0.5) is 141 Å². The summed E-state index contributed by atoms with van der Waals surface area (Å²) in [6.45, 7) is 17.1. The van der Waals surface area contributed by atoms with Crippen molar-refractivity contribution in [3.05, 3.63) is 120 Å². The summed E-state index contributed by atoms with van der Waals surface area (Å²) in [6, 6.07) is 25.9. The molecule has 8 rings (SSSR count). The Bertz CT molecular complexity index is 3800. The summed E-state index contributed by atoms with van der Waals surface area (Å²) >= 11 is 5.94. The van der Waals surface area contributed by atoms with Crippen molar-refractivity contribution in [2.24, 2.45) is 0 Å². The molecule has 0 aliphatic heterocycles. The largest absolute Gasteiger partial charge is 0.457 e. The van der Waals surface area contributed by atoms with Gasteiger partial charge in [0, 0.05) is 74.1 Å². The lowest BCUT2D eigenvalue weighted by Gasteiger charge is -2.24. The molecule has 3 unspecified atom stereocenters. The molecule has 0 fully saturated rings. The molecule has 4 aromatic heterocycles. The predicted molar refractivity (Wildman–Crippen MR) is 358 cm³/mol. The molecule has 5 N–H and O–H groups in total. The first kappa shape index (κ1) is 84.3. The van der Waals surface area contributed by atoms with E-state index in [1.54, 1.807) is 91.4 Å². The summed E-state index contributed by atoms with van der Waals surface area (Å²) in [6.07, 6.45) is -31.0. The Morgan fingerprint density at radius 3 is 1.16 bits per heavy atom. The maximum Gasteiger partial charge on any atom is 0.434 e.